The lowest BCUT2D eigenvalue weighted by Gasteiger charge is -2.18. The van der Waals surface area contributed by atoms with Crippen molar-refractivity contribution in [3.05, 3.63) is 59.6 Å². The molecule has 0 spiro atoms. The first-order valence-corrected chi connectivity index (χ1v) is 10.8. The van der Waals surface area contributed by atoms with Gasteiger partial charge in [-0.25, -0.2) is 0 Å². The number of thioether (sulfide) groups is 1. The summed E-state index contributed by atoms with van der Waals surface area (Å²) in [7, 11) is 0. The van der Waals surface area contributed by atoms with Gasteiger partial charge in [-0.3, -0.25) is 4.79 Å². The molecule has 31 heavy (non-hydrogen) atoms. The van der Waals surface area contributed by atoms with Gasteiger partial charge in [-0.2, -0.15) is 9.61 Å². The van der Waals surface area contributed by atoms with Crippen LogP contribution in [0.3, 0.4) is 0 Å². The Morgan fingerprint density at radius 3 is 2.68 bits per heavy atom. The standard InChI is InChI=1S/C21H16ClN5O3S/c22-14-3-1-13(2-4-14)16-6-8-19-24-25-21(27(19)26-16)31-12-20(28)23-15-5-7-17-18(11-15)30-10-9-29-17/h1-8,11H,9-10,12H2,(H,23,28). The molecule has 0 atom stereocenters. The minimum atomic E-state index is -0.174. The molecule has 1 N–H and O–H groups in total. The molecule has 0 bridgehead atoms. The van der Waals surface area contributed by atoms with Crippen molar-refractivity contribution in [2.75, 3.05) is 24.3 Å². The van der Waals surface area contributed by atoms with E-state index in [2.05, 4.69) is 20.6 Å². The molecule has 0 unspecified atom stereocenters. The molecule has 10 heteroatoms. The predicted molar refractivity (Wildman–Crippen MR) is 118 cm³/mol. The number of carbonyl (C=O) groups is 1. The van der Waals surface area contributed by atoms with Crippen molar-refractivity contribution in [3.8, 4) is 22.8 Å². The Hall–Kier alpha value is -3.30. The maximum absolute atomic E-state index is 12.4. The number of nitrogens with zero attached hydrogens (tertiary/aromatic N) is 4. The van der Waals surface area contributed by atoms with Crippen LogP contribution in [0.4, 0.5) is 5.69 Å². The average molecular weight is 454 g/mol. The number of hydrogen-bond acceptors (Lipinski definition) is 7. The maximum Gasteiger partial charge on any atom is 0.234 e. The molecule has 5 rings (SSSR count). The second-order valence-electron chi connectivity index (χ2n) is 6.67. The fraction of sp³-hybridized carbons (Fsp3) is 0.143. The van der Waals surface area contributed by atoms with E-state index in [0.29, 0.717) is 46.2 Å². The van der Waals surface area contributed by atoms with Gasteiger partial charge in [0.25, 0.3) is 0 Å². The average Bonchev–Trinajstić information content (AvgIpc) is 3.20. The Morgan fingerprint density at radius 1 is 1.03 bits per heavy atom. The zero-order valence-corrected chi connectivity index (χ0v) is 17.7. The molecule has 0 fully saturated rings. The number of amides is 1. The van der Waals surface area contributed by atoms with Gasteiger partial charge in [0.15, 0.2) is 17.1 Å². The van der Waals surface area contributed by atoms with Crippen LogP contribution in [0.1, 0.15) is 0 Å². The fourth-order valence-electron chi connectivity index (χ4n) is 3.08. The summed E-state index contributed by atoms with van der Waals surface area (Å²) in [5.41, 5.74) is 2.93. The molecular formula is C21H16ClN5O3S. The van der Waals surface area contributed by atoms with Crippen molar-refractivity contribution < 1.29 is 14.3 Å². The number of aromatic nitrogens is 4. The van der Waals surface area contributed by atoms with Crippen LogP contribution in [-0.4, -0.2) is 44.7 Å². The van der Waals surface area contributed by atoms with Gasteiger partial charge in [0, 0.05) is 22.3 Å². The first-order valence-electron chi connectivity index (χ1n) is 9.46. The van der Waals surface area contributed by atoms with Crippen LogP contribution in [0, 0.1) is 0 Å². The predicted octanol–water partition coefficient (Wildman–Crippen LogP) is 3.95. The Balaban J connectivity index is 1.28. The van der Waals surface area contributed by atoms with E-state index in [-0.39, 0.29) is 11.7 Å². The Morgan fingerprint density at radius 2 is 1.84 bits per heavy atom. The van der Waals surface area contributed by atoms with E-state index >= 15 is 0 Å². The molecule has 1 aliphatic heterocycles. The Labute approximate surface area is 186 Å². The molecule has 4 aromatic rings. The third kappa shape index (κ3) is 4.28. The number of anilines is 1. The lowest BCUT2D eigenvalue weighted by atomic mass is 10.1. The summed E-state index contributed by atoms with van der Waals surface area (Å²) in [6.07, 6.45) is 0. The molecule has 3 heterocycles. The molecule has 0 saturated heterocycles. The van der Waals surface area contributed by atoms with Gasteiger partial charge in [-0.15, -0.1) is 10.2 Å². The smallest absolute Gasteiger partial charge is 0.234 e. The number of halogens is 1. The monoisotopic (exact) mass is 453 g/mol. The third-order valence-corrected chi connectivity index (χ3v) is 5.70. The number of carbonyl (C=O) groups excluding carboxylic acids is 1. The third-order valence-electron chi connectivity index (χ3n) is 4.53. The Kier molecular flexibility index (Phi) is 5.35. The molecule has 156 valence electrons. The molecule has 2 aromatic carbocycles. The second-order valence-corrected chi connectivity index (χ2v) is 8.05. The second kappa shape index (κ2) is 8.44. The van der Waals surface area contributed by atoms with Crippen molar-refractivity contribution >= 4 is 40.6 Å². The van der Waals surface area contributed by atoms with Gasteiger partial charge >= 0.3 is 0 Å². The lowest BCUT2D eigenvalue weighted by molar-refractivity contribution is -0.113. The van der Waals surface area contributed by atoms with Gasteiger partial charge in [0.05, 0.1) is 11.4 Å². The van der Waals surface area contributed by atoms with Gasteiger partial charge < -0.3 is 14.8 Å². The largest absolute Gasteiger partial charge is 0.486 e. The Bertz CT molecular complexity index is 1260. The molecule has 8 nitrogen and oxygen atoms in total. The summed E-state index contributed by atoms with van der Waals surface area (Å²) in [5, 5.41) is 16.9. The highest BCUT2D eigenvalue weighted by atomic mass is 35.5. The number of rotatable bonds is 5. The highest BCUT2D eigenvalue weighted by Gasteiger charge is 2.15. The van der Waals surface area contributed by atoms with Crippen LogP contribution in [0.5, 0.6) is 11.5 Å². The van der Waals surface area contributed by atoms with Crippen molar-refractivity contribution in [3.63, 3.8) is 0 Å². The van der Waals surface area contributed by atoms with Gasteiger partial charge in [-0.1, -0.05) is 35.5 Å². The van der Waals surface area contributed by atoms with Crippen molar-refractivity contribution in [1.29, 1.82) is 0 Å². The van der Waals surface area contributed by atoms with E-state index < -0.39 is 0 Å². The van der Waals surface area contributed by atoms with E-state index in [4.69, 9.17) is 21.1 Å². The molecular weight excluding hydrogens is 438 g/mol. The van der Waals surface area contributed by atoms with Crippen LogP contribution in [0.15, 0.2) is 59.8 Å². The van der Waals surface area contributed by atoms with E-state index in [1.54, 1.807) is 22.7 Å². The number of nitrogens with one attached hydrogen (secondary N) is 1. The van der Waals surface area contributed by atoms with Crippen LogP contribution in [0.25, 0.3) is 16.9 Å². The molecule has 1 aliphatic rings. The van der Waals surface area contributed by atoms with E-state index in [9.17, 15) is 4.79 Å². The zero-order chi connectivity index (χ0) is 21.2. The van der Waals surface area contributed by atoms with E-state index in [0.717, 1.165) is 11.3 Å². The maximum atomic E-state index is 12.4. The number of hydrogen-bond donors (Lipinski definition) is 1. The van der Waals surface area contributed by atoms with Crippen LogP contribution in [-0.2, 0) is 4.79 Å². The van der Waals surface area contributed by atoms with E-state index in [1.807, 2.05) is 36.4 Å². The number of fused-ring (bicyclic) bond motifs is 2. The summed E-state index contributed by atoms with van der Waals surface area (Å²) in [6, 6.07) is 16.4. The zero-order valence-electron chi connectivity index (χ0n) is 16.1. The van der Waals surface area contributed by atoms with Crippen molar-refractivity contribution in [2.24, 2.45) is 0 Å². The summed E-state index contributed by atoms with van der Waals surface area (Å²) < 4.78 is 12.7. The lowest BCUT2D eigenvalue weighted by Crippen LogP contribution is -2.17. The molecule has 0 radical (unpaired) electrons. The SMILES string of the molecule is O=C(CSc1nnc2ccc(-c3ccc(Cl)cc3)nn12)Nc1ccc2c(c1)OCCO2. The number of benzene rings is 2. The first kappa shape index (κ1) is 19.7. The highest BCUT2D eigenvalue weighted by molar-refractivity contribution is 7.99. The fourth-order valence-corrected chi connectivity index (χ4v) is 3.90. The van der Waals surface area contributed by atoms with Crippen LogP contribution >= 0.6 is 23.4 Å². The minimum Gasteiger partial charge on any atom is -0.486 e. The summed E-state index contributed by atoms with van der Waals surface area (Å²) >= 11 is 7.22. The highest BCUT2D eigenvalue weighted by Crippen LogP contribution is 2.32. The molecule has 1 amide bonds. The van der Waals surface area contributed by atoms with Gasteiger partial charge in [0.1, 0.15) is 13.2 Å². The first-order chi connectivity index (χ1) is 15.2. The van der Waals surface area contributed by atoms with Crippen LogP contribution in [0.2, 0.25) is 5.02 Å². The topological polar surface area (TPSA) is 90.6 Å². The van der Waals surface area contributed by atoms with Crippen LogP contribution < -0.4 is 14.8 Å². The number of ether oxygens (including phenoxy) is 2. The summed E-state index contributed by atoms with van der Waals surface area (Å²) in [4.78, 5) is 12.4. The van der Waals surface area contributed by atoms with Gasteiger partial charge in [-0.05, 0) is 36.4 Å². The molecule has 0 saturated carbocycles. The molecule has 2 aromatic heterocycles. The normalized spacial score (nSPS) is 12.7. The van der Waals surface area contributed by atoms with Crippen molar-refractivity contribution in [2.45, 2.75) is 5.16 Å². The van der Waals surface area contributed by atoms with Gasteiger partial charge in [0.2, 0.25) is 11.1 Å². The summed E-state index contributed by atoms with van der Waals surface area (Å²) in [5.74, 6) is 1.28. The summed E-state index contributed by atoms with van der Waals surface area (Å²) in [6.45, 7) is 1.01. The van der Waals surface area contributed by atoms with Crippen molar-refractivity contribution in [1.82, 2.24) is 19.8 Å². The quantitative estimate of drug-likeness (QED) is 0.457. The molecule has 0 aliphatic carbocycles. The van der Waals surface area contributed by atoms with E-state index in [1.165, 1.54) is 11.8 Å². The minimum absolute atomic E-state index is 0.155.